The Kier molecular flexibility index (Phi) is 4.07. The van der Waals surface area contributed by atoms with Crippen LogP contribution in [0.5, 0.6) is 0 Å². The number of hydrogen-bond donors (Lipinski definition) is 0. The largest absolute Gasteiger partial charge is 0.459 e. The van der Waals surface area contributed by atoms with E-state index in [1.54, 1.807) is 22.9 Å². The van der Waals surface area contributed by atoms with Gasteiger partial charge in [-0.2, -0.15) is 4.52 Å². The van der Waals surface area contributed by atoms with E-state index >= 15 is 0 Å². The summed E-state index contributed by atoms with van der Waals surface area (Å²) in [4.78, 5) is 15.1. The van der Waals surface area contributed by atoms with Crippen molar-refractivity contribution in [1.82, 2.24) is 24.9 Å². The number of fused-ring (bicyclic) bond motifs is 3. The normalized spacial score (nSPS) is 14.9. The molecule has 28 heavy (non-hydrogen) atoms. The first-order valence-electron chi connectivity index (χ1n) is 9.65. The maximum Gasteiger partial charge on any atom is 0.290 e. The minimum absolute atomic E-state index is 0.0773. The van der Waals surface area contributed by atoms with Crippen LogP contribution in [-0.4, -0.2) is 36.9 Å². The third-order valence-corrected chi connectivity index (χ3v) is 5.60. The summed E-state index contributed by atoms with van der Waals surface area (Å²) in [6, 6.07) is 12.0. The maximum atomic E-state index is 13.2. The van der Waals surface area contributed by atoms with Crippen LogP contribution in [0, 0.1) is 6.92 Å². The first-order valence-corrected chi connectivity index (χ1v) is 9.65. The van der Waals surface area contributed by atoms with Gasteiger partial charge in [-0.25, -0.2) is 0 Å². The Morgan fingerprint density at radius 2 is 2.11 bits per heavy atom. The Bertz CT molecular complexity index is 1140. The highest BCUT2D eigenvalue weighted by atomic mass is 16.3. The molecule has 0 aliphatic heterocycles. The van der Waals surface area contributed by atoms with E-state index in [1.807, 2.05) is 11.8 Å². The number of aromatic nitrogens is 4. The van der Waals surface area contributed by atoms with Crippen LogP contribution >= 0.6 is 0 Å². The molecule has 0 radical (unpaired) electrons. The van der Waals surface area contributed by atoms with E-state index in [9.17, 15) is 4.79 Å². The quantitative estimate of drug-likeness (QED) is 0.543. The molecule has 3 aromatic heterocycles. The van der Waals surface area contributed by atoms with Crippen molar-refractivity contribution in [2.24, 2.45) is 0 Å². The number of amides is 1. The number of aryl methyl sites for hydroxylation is 1. The Morgan fingerprint density at radius 1 is 1.25 bits per heavy atom. The highest BCUT2D eigenvalue weighted by Crippen LogP contribution is 2.28. The molecule has 1 saturated carbocycles. The Hall–Kier alpha value is -3.22. The summed E-state index contributed by atoms with van der Waals surface area (Å²) in [6.45, 7) is 2.51. The highest BCUT2D eigenvalue weighted by molar-refractivity contribution is 5.92. The summed E-state index contributed by atoms with van der Waals surface area (Å²) in [5.41, 5.74) is 3.74. The van der Waals surface area contributed by atoms with Crippen LogP contribution in [0.1, 0.15) is 47.4 Å². The van der Waals surface area contributed by atoms with Gasteiger partial charge in [0.1, 0.15) is 0 Å². The van der Waals surface area contributed by atoms with Crippen molar-refractivity contribution in [3.8, 4) is 0 Å². The number of carbonyl (C=O) groups is 1. The molecule has 7 heteroatoms. The molecule has 0 bridgehead atoms. The number of carbonyl (C=O) groups excluding carboxylic acids is 1. The first kappa shape index (κ1) is 16.9. The van der Waals surface area contributed by atoms with Gasteiger partial charge in [-0.05, 0) is 60.0 Å². The van der Waals surface area contributed by atoms with Crippen LogP contribution < -0.4 is 0 Å². The minimum Gasteiger partial charge on any atom is -0.459 e. The predicted molar refractivity (Wildman–Crippen MR) is 104 cm³/mol. The monoisotopic (exact) mass is 375 g/mol. The SMILES string of the molecule is Cc1ccc2cc(CN(C(=O)c3ccco3)C3CCCC3)c3nnnn3c2c1. The number of hydrogen-bond acceptors (Lipinski definition) is 5. The van der Waals surface area contributed by atoms with E-state index in [0.717, 1.165) is 47.7 Å². The third-order valence-electron chi connectivity index (χ3n) is 5.60. The molecule has 0 saturated heterocycles. The van der Waals surface area contributed by atoms with Gasteiger partial charge < -0.3 is 9.32 Å². The van der Waals surface area contributed by atoms with Gasteiger partial charge in [-0.1, -0.05) is 25.0 Å². The lowest BCUT2D eigenvalue weighted by molar-refractivity contribution is 0.0632. The van der Waals surface area contributed by atoms with Gasteiger partial charge in [-0.3, -0.25) is 4.79 Å². The Morgan fingerprint density at radius 3 is 2.89 bits per heavy atom. The fraction of sp³-hybridized carbons (Fsp3) is 0.333. The average molecular weight is 375 g/mol. The molecule has 3 heterocycles. The zero-order chi connectivity index (χ0) is 19.1. The zero-order valence-electron chi connectivity index (χ0n) is 15.7. The van der Waals surface area contributed by atoms with Gasteiger partial charge in [0.15, 0.2) is 11.4 Å². The summed E-state index contributed by atoms with van der Waals surface area (Å²) in [5.74, 6) is 0.297. The fourth-order valence-corrected chi connectivity index (χ4v) is 4.19. The summed E-state index contributed by atoms with van der Waals surface area (Å²) < 4.78 is 7.16. The number of benzene rings is 1. The first-order chi connectivity index (χ1) is 13.7. The van der Waals surface area contributed by atoms with Gasteiger partial charge in [0.05, 0.1) is 18.3 Å². The predicted octanol–water partition coefficient (Wildman–Crippen LogP) is 3.76. The number of nitrogens with zero attached hydrogens (tertiary/aromatic N) is 5. The van der Waals surface area contributed by atoms with Crippen molar-refractivity contribution < 1.29 is 9.21 Å². The van der Waals surface area contributed by atoms with Crippen molar-refractivity contribution in [3.05, 3.63) is 59.5 Å². The van der Waals surface area contributed by atoms with E-state index in [0.29, 0.717) is 18.0 Å². The molecule has 7 nitrogen and oxygen atoms in total. The van der Waals surface area contributed by atoms with Crippen LogP contribution in [0.25, 0.3) is 16.6 Å². The van der Waals surface area contributed by atoms with Gasteiger partial charge in [-0.15, -0.1) is 5.10 Å². The Labute approximate surface area is 161 Å². The summed E-state index contributed by atoms with van der Waals surface area (Å²) in [5, 5.41) is 13.4. The van der Waals surface area contributed by atoms with E-state index < -0.39 is 0 Å². The van der Waals surface area contributed by atoms with Gasteiger partial charge in [0.25, 0.3) is 5.91 Å². The van der Waals surface area contributed by atoms with Crippen molar-refractivity contribution in [1.29, 1.82) is 0 Å². The van der Waals surface area contributed by atoms with Crippen molar-refractivity contribution >= 4 is 22.5 Å². The highest BCUT2D eigenvalue weighted by Gasteiger charge is 2.30. The molecule has 0 unspecified atom stereocenters. The lowest BCUT2D eigenvalue weighted by Crippen LogP contribution is -2.38. The molecule has 4 aromatic rings. The van der Waals surface area contributed by atoms with Crippen LogP contribution in [0.15, 0.2) is 47.1 Å². The summed E-state index contributed by atoms with van der Waals surface area (Å²) in [7, 11) is 0. The molecule has 1 aromatic carbocycles. The van der Waals surface area contributed by atoms with Crippen LogP contribution in [0.2, 0.25) is 0 Å². The standard InChI is InChI=1S/C21H21N5O2/c1-14-8-9-15-12-16(20-22-23-24-26(20)18(15)11-14)13-25(17-5-2-3-6-17)21(27)19-7-4-10-28-19/h4,7-12,17H,2-3,5-6,13H2,1H3. The second-order valence-electron chi connectivity index (χ2n) is 7.49. The molecular formula is C21H21N5O2. The Balaban J connectivity index is 1.60. The molecule has 1 aliphatic carbocycles. The van der Waals surface area contributed by atoms with Gasteiger partial charge >= 0.3 is 0 Å². The molecular weight excluding hydrogens is 354 g/mol. The number of pyridine rings is 1. The minimum atomic E-state index is -0.0773. The number of tetrazole rings is 1. The topological polar surface area (TPSA) is 76.5 Å². The molecule has 1 fully saturated rings. The second-order valence-corrected chi connectivity index (χ2v) is 7.49. The molecule has 0 N–H and O–H groups in total. The molecule has 1 aliphatic rings. The van der Waals surface area contributed by atoms with Gasteiger partial charge in [0.2, 0.25) is 0 Å². The van der Waals surface area contributed by atoms with Crippen molar-refractivity contribution in [2.45, 2.75) is 45.2 Å². The van der Waals surface area contributed by atoms with E-state index in [-0.39, 0.29) is 11.9 Å². The lowest BCUT2D eigenvalue weighted by Gasteiger charge is -2.28. The molecule has 142 valence electrons. The summed E-state index contributed by atoms with van der Waals surface area (Å²) in [6.07, 6.45) is 5.86. The van der Waals surface area contributed by atoms with E-state index in [2.05, 4.69) is 39.8 Å². The molecule has 0 atom stereocenters. The van der Waals surface area contributed by atoms with E-state index in [4.69, 9.17) is 4.42 Å². The molecule has 0 spiro atoms. The second kappa shape index (κ2) is 6.74. The average Bonchev–Trinajstić information content (AvgIpc) is 3.48. The van der Waals surface area contributed by atoms with Crippen LogP contribution in [0.4, 0.5) is 0 Å². The number of rotatable bonds is 4. The van der Waals surface area contributed by atoms with Crippen LogP contribution in [0.3, 0.4) is 0 Å². The summed E-state index contributed by atoms with van der Waals surface area (Å²) >= 11 is 0. The van der Waals surface area contributed by atoms with Crippen LogP contribution in [-0.2, 0) is 6.54 Å². The number of furan rings is 1. The molecule has 1 amide bonds. The smallest absolute Gasteiger partial charge is 0.290 e. The maximum absolute atomic E-state index is 13.2. The van der Waals surface area contributed by atoms with E-state index in [1.165, 1.54) is 0 Å². The zero-order valence-corrected chi connectivity index (χ0v) is 15.7. The van der Waals surface area contributed by atoms with Gasteiger partial charge in [0, 0.05) is 17.0 Å². The lowest BCUT2D eigenvalue weighted by atomic mass is 10.1. The van der Waals surface area contributed by atoms with Crippen molar-refractivity contribution in [3.63, 3.8) is 0 Å². The van der Waals surface area contributed by atoms with Crippen molar-refractivity contribution in [2.75, 3.05) is 0 Å². The fourth-order valence-electron chi connectivity index (χ4n) is 4.19. The molecule has 5 rings (SSSR count). The third kappa shape index (κ3) is 2.83.